The number of carbonyl (C=O) groups excluding carboxylic acids is 3. The molecule has 3 heterocycles. The summed E-state index contributed by atoms with van der Waals surface area (Å²) < 4.78 is 59.8. The number of hydrogen-bond donors (Lipinski definition) is 3. The molecule has 0 aliphatic carbocycles. The van der Waals surface area contributed by atoms with Gasteiger partial charge in [-0.15, -0.1) is 0 Å². The predicted octanol–water partition coefficient (Wildman–Crippen LogP) is 1.32. The summed E-state index contributed by atoms with van der Waals surface area (Å²) >= 11 is 0. The van der Waals surface area contributed by atoms with E-state index in [1.54, 1.807) is 6.07 Å². The predicted molar refractivity (Wildman–Crippen MR) is 121 cm³/mol. The maximum atomic E-state index is 15.1. The van der Waals surface area contributed by atoms with Crippen LogP contribution in [0.2, 0.25) is 0 Å². The fourth-order valence-corrected chi connectivity index (χ4v) is 3.80. The Morgan fingerprint density at radius 2 is 1.84 bits per heavy atom. The number of hydrazine groups is 1. The molecule has 0 spiro atoms. The van der Waals surface area contributed by atoms with Crippen LogP contribution < -0.4 is 25.9 Å². The van der Waals surface area contributed by atoms with E-state index in [0.717, 1.165) is 17.0 Å². The minimum atomic E-state index is -3.22. The van der Waals surface area contributed by atoms with Gasteiger partial charge in [-0.25, -0.2) is 33.8 Å². The van der Waals surface area contributed by atoms with Gasteiger partial charge in [-0.2, -0.15) is 8.78 Å². The van der Waals surface area contributed by atoms with Crippen molar-refractivity contribution in [2.75, 3.05) is 54.4 Å². The van der Waals surface area contributed by atoms with E-state index < -0.39 is 42.2 Å². The molecule has 1 aromatic carbocycles. The number of benzene rings is 1. The number of nitrogens with zero attached hydrogens (tertiary/aromatic N) is 5. The fourth-order valence-electron chi connectivity index (χ4n) is 3.80. The van der Waals surface area contributed by atoms with E-state index in [-0.39, 0.29) is 56.6 Å². The van der Waals surface area contributed by atoms with E-state index >= 15 is 8.78 Å². The third-order valence-electron chi connectivity index (χ3n) is 5.51. The lowest BCUT2D eigenvalue weighted by molar-refractivity contribution is -0.132. The third-order valence-corrected chi connectivity index (χ3v) is 5.51. The van der Waals surface area contributed by atoms with Crippen molar-refractivity contribution in [3.05, 3.63) is 42.2 Å². The van der Waals surface area contributed by atoms with Crippen LogP contribution >= 0.6 is 0 Å². The van der Waals surface area contributed by atoms with Crippen molar-refractivity contribution >= 4 is 35.4 Å². The third kappa shape index (κ3) is 6.14. The van der Waals surface area contributed by atoms with Crippen molar-refractivity contribution in [1.82, 2.24) is 25.7 Å². The second-order valence-corrected chi connectivity index (χ2v) is 7.97. The molecule has 1 aromatic heterocycles. The quantitative estimate of drug-likeness (QED) is 0.481. The molecule has 16 heteroatoms. The Morgan fingerprint density at radius 3 is 2.51 bits per heavy atom. The van der Waals surface area contributed by atoms with Crippen molar-refractivity contribution in [2.45, 2.75) is 12.5 Å². The molecule has 37 heavy (non-hydrogen) atoms. The van der Waals surface area contributed by atoms with Crippen LogP contribution in [0.3, 0.4) is 0 Å². The Bertz CT molecular complexity index is 1140. The molecule has 4 rings (SSSR count). The number of halogens is 4. The second-order valence-electron chi connectivity index (χ2n) is 7.97. The van der Waals surface area contributed by atoms with Crippen LogP contribution in [-0.2, 0) is 9.53 Å². The summed E-state index contributed by atoms with van der Waals surface area (Å²) in [6.07, 6.45) is -2.22. The normalized spacial score (nSPS) is 18.0. The zero-order chi connectivity index (χ0) is 26.5. The summed E-state index contributed by atoms with van der Waals surface area (Å²) in [7, 11) is 0. The van der Waals surface area contributed by atoms with Crippen LogP contribution in [0.1, 0.15) is 0 Å². The molecule has 0 radical (unpaired) electrons. The van der Waals surface area contributed by atoms with Crippen molar-refractivity contribution in [2.24, 2.45) is 0 Å². The zero-order valence-corrected chi connectivity index (χ0v) is 19.2. The topological polar surface area (TPSA) is 132 Å². The zero-order valence-electron chi connectivity index (χ0n) is 19.2. The molecule has 2 fully saturated rings. The highest BCUT2D eigenvalue weighted by Crippen LogP contribution is 2.31. The van der Waals surface area contributed by atoms with Gasteiger partial charge in [-0.3, -0.25) is 20.0 Å². The van der Waals surface area contributed by atoms with Crippen molar-refractivity contribution in [1.29, 1.82) is 0 Å². The number of ether oxygens (including phenoxy) is 1. The van der Waals surface area contributed by atoms with Crippen LogP contribution in [0.25, 0.3) is 0 Å². The largest absolute Gasteiger partial charge is 0.442 e. The first-order valence-corrected chi connectivity index (χ1v) is 11.1. The van der Waals surface area contributed by atoms with E-state index in [9.17, 15) is 23.2 Å². The molecule has 198 valence electrons. The minimum absolute atomic E-state index is 0.0732. The van der Waals surface area contributed by atoms with Gasteiger partial charge in [-0.05, 0) is 6.07 Å². The van der Waals surface area contributed by atoms with Gasteiger partial charge >= 0.3 is 18.5 Å². The number of hydrogen-bond acceptors (Lipinski definition) is 8. The lowest BCUT2D eigenvalue weighted by Gasteiger charge is -2.25. The summed E-state index contributed by atoms with van der Waals surface area (Å²) in [6, 6.07) is 2.95. The van der Waals surface area contributed by atoms with Gasteiger partial charge in [0, 0.05) is 44.2 Å². The first-order chi connectivity index (χ1) is 17.7. The highest BCUT2D eigenvalue weighted by Gasteiger charge is 2.34. The van der Waals surface area contributed by atoms with Crippen LogP contribution in [-0.4, -0.2) is 84.8 Å². The molecule has 2 aromatic rings. The van der Waals surface area contributed by atoms with Crippen LogP contribution in [0.15, 0.2) is 30.6 Å². The summed E-state index contributed by atoms with van der Waals surface area (Å²) in [6.45, 7) is -0.0750. The van der Waals surface area contributed by atoms with Crippen LogP contribution in [0.4, 0.5) is 44.5 Å². The number of aromatic nitrogens is 2. The number of rotatable bonds is 6. The van der Waals surface area contributed by atoms with Crippen molar-refractivity contribution in [3.8, 4) is 0 Å². The van der Waals surface area contributed by atoms with Gasteiger partial charge in [0.1, 0.15) is 11.8 Å². The smallest absolute Gasteiger partial charge is 0.414 e. The summed E-state index contributed by atoms with van der Waals surface area (Å²) in [4.78, 5) is 45.8. The second kappa shape index (κ2) is 11.2. The van der Waals surface area contributed by atoms with Gasteiger partial charge in [0.25, 0.3) is 5.91 Å². The number of amides is 4. The summed E-state index contributed by atoms with van der Waals surface area (Å²) in [5.74, 6) is -3.32. The first-order valence-electron chi connectivity index (χ1n) is 11.1. The molecule has 2 aliphatic heterocycles. The Morgan fingerprint density at radius 1 is 1.14 bits per heavy atom. The molecular formula is C21H22F4N8O4. The molecule has 0 saturated carbocycles. The Labute approximate surface area is 207 Å². The van der Waals surface area contributed by atoms with Gasteiger partial charge < -0.3 is 15.0 Å². The number of urea groups is 1. The monoisotopic (exact) mass is 526 g/mol. The van der Waals surface area contributed by atoms with Gasteiger partial charge in [0.15, 0.2) is 11.6 Å². The molecule has 0 bridgehead atoms. The molecule has 4 amide bonds. The Kier molecular flexibility index (Phi) is 7.86. The molecular weight excluding hydrogens is 504 g/mol. The van der Waals surface area contributed by atoms with Crippen molar-refractivity contribution < 1.29 is 36.7 Å². The number of nitrogens with one attached hydrogen (secondary N) is 3. The number of anilines is 3. The molecule has 3 N–H and O–H groups in total. The lowest BCUT2D eigenvalue weighted by Crippen LogP contribution is -2.46. The molecule has 12 nitrogen and oxygen atoms in total. The maximum absolute atomic E-state index is 15.1. The van der Waals surface area contributed by atoms with Gasteiger partial charge in [0.05, 0.1) is 25.3 Å². The highest BCUT2D eigenvalue weighted by molar-refractivity contribution is 5.90. The Hall–Kier alpha value is -4.21. The average molecular weight is 526 g/mol. The highest BCUT2D eigenvalue weighted by atomic mass is 19.3. The van der Waals surface area contributed by atoms with Crippen LogP contribution in [0, 0.1) is 11.6 Å². The standard InChI is InChI=1S/C21H22F4N8O4/c22-14-8-12(32-11-13(37-21(32)36)10-28-18(34)17(24)25)9-15(23)16(14)31-5-4-29-33(7-6-31)20(35)30-19-26-2-1-3-27-19/h1-3,8-9,13,17,29H,4-7,10-11H2,(H,28,34)(H,26,27,30,35)/t13-/m0/s1. The van der Waals surface area contributed by atoms with E-state index in [1.807, 2.05) is 5.32 Å². The van der Waals surface area contributed by atoms with E-state index in [1.165, 1.54) is 22.3 Å². The lowest BCUT2D eigenvalue weighted by atomic mass is 10.2. The summed E-state index contributed by atoms with van der Waals surface area (Å²) in [5.41, 5.74) is 2.39. The SMILES string of the molecule is O=C(NC[C@H]1CN(c2cc(F)c(N3CCNN(C(=O)Nc4ncccn4)CC3)c(F)c2)C(=O)O1)C(F)F. The molecule has 2 aliphatic rings. The van der Waals surface area contributed by atoms with Crippen LogP contribution in [0.5, 0.6) is 0 Å². The van der Waals surface area contributed by atoms with Gasteiger partial charge in [-0.1, -0.05) is 0 Å². The number of alkyl halides is 2. The summed E-state index contributed by atoms with van der Waals surface area (Å²) in [5, 5.41) is 5.68. The molecule has 1 atom stereocenters. The number of cyclic esters (lactones) is 1. The molecule has 0 unspecified atom stereocenters. The fraction of sp³-hybridized carbons (Fsp3) is 0.381. The minimum Gasteiger partial charge on any atom is -0.442 e. The maximum Gasteiger partial charge on any atom is 0.414 e. The molecule has 2 saturated heterocycles. The van der Waals surface area contributed by atoms with E-state index in [2.05, 4.69) is 20.7 Å². The number of carbonyl (C=O) groups is 3. The van der Waals surface area contributed by atoms with Gasteiger partial charge in [0.2, 0.25) is 5.95 Å². The first kappa shape index (κ1) is 25.9. The van der Waals surface area contributed by atoms with E-state index in [4.69, 9.17) is 4.74 Å². The van der Waals surface area contributed by atoms with Crippen molar-refractivity contribution in [3.63, 3.8) is 0 Å². The van der Waals surface area contributed by atoms with E-state index in [0.29, 0.717) is 0 Å². The Balaban J connectivity index is 1.39. The average Bonchev–Trinajstić information content (AvgIpc) is 3.07.